The fraction of sp³-hybridized carbons (Fsp3) is 0.333. The van der Waals surface area contributed by atoms with Crippen LogP contribution in [0.25, 0.3) is 0 Å². The van der Waals surface area contributed by atoms with Crippen molar-refractivity contribution in [2.75, 3.05) is 7.11 Å². The number of hydrogen-bond acceptors (Lipinski definition) is 6. The van der Waals surface area contributed by atoms with Gasteiger partial charge in [0.2, 0.25) is 0 Å². The zero-order chi connectivity index (χ0) is 15.8. The van der Waals surface area contributed by atoms with Crippen molar-refractivity contribution in [1.82, 2.24) is 8.71 Å². The van der Waals surface area contributed by atoms with Gasteiger partial charge in [-0.1, -0.05) is 0 Å². The van der Waals surface area contributed by atoms with Gasteiger partial charge in [-0.25, -0.2) is 14.2 Å². The summed E-state index contributed by atoms with van der Waals surface area (Å²) >= 11 is 0. The summed E-state index contributed by atoms with van der Waals surface area (Å²) in [6.45, 7) is 3.14. The van der Waals surface area contributed by atoms with Crippen molar-refractivity contribution in [3.8, 4) is 5.75 Å². The maximum atomic E-state index is 12.3. The van der Waals surface area contributed by atoms with Gasteiger partial charge >= 0.3 is 11.4 Å². The van der Waals surface area contributed by atoms with Crippen LogP contribution in [0, 0.1) is 0 Å². The van der Waals surface area contributed by atoms with Crippen LogP contribution in [0.1, 0.15) is 19.9 Å². The molecular weight excluding hydrogens is 300 g/mol. The maximum Gasteiger partial charge on any atom is 0.443 e. The minimum absolute atomic E-state index is 0.0944. The Morgan fingerprint density at radius 3 is 2.14 bits per heavy atom. The standard InChI is InChI=1S/C12H14N2O6S/c1-8(2)13-11(15)14(20-12(13)16)21(17,18)10-6-4-9(19-3)5-7-10/h4-8H,1-3H3. The fourth-order valence-electron chi connectivity index (χ4n) is 1.75. The van der Waals surface area contributed by atoms with Gasteiger partial charge in [0.1, 0.15) is 5.75 Å². The second kappa shape index (κ2) is 5.24. The lowest BCUT2D eigenvalue weighted by atomic mass is 10.3. The first kappa shape index (κ1) is 15.1. The van der Waals surface area contributed by atoms with E-state index >= 15 is 0 Å². The van der Waals surface area contributed by atoms with E-state index in [2.05, 4.69) is 4.52 Å². The summed E-state index contributed by atoms with van der Waals surface area (Å²) in [6, 6.07) is 4.85. The Bertz CT molecular complexity index is 854. The Hall–Kier alpha value is -2.29. The highest BCUT2D eigenvalue weighted by molar-refractivity contribution is 7.89. The molecule has 1 heterocycles. The quantitative estimate of drug-likeness (QED) is 0.811. The summed E-state index contributed by atoms with van der Waals surface area (Å²) < 4.78 is 35.0. The molecule has 0 aliphatic rings. The first-order valence-electron chi connectivity index (χ1n) is 6.03. The van der Waals surface area contributed by atoms with Crippen LogP contribution >= 0.6 is 0 Å². The third kappa shape index (κ3) is 2.51. The first-order chi connectivity index (χ1) is 9.78. The van der Waals surface area contributed by atoms with Crippen LogP contribution in [0.3, 0.4) is 0 Å². The highest BCUT2D eigenvalue weighted by Crippen LogP contribution is 2.16. The van der Waals surface area contributed by atoms with E-state index in [1.807, 2.05) is 0 Å². The molecule has 0 aliphatic carbocycles. The van der Waals surface area contributed by atoms with Crippen LogP contribution in [0.15, 0.2) is 43.3 Å². The highest BCUT2D eigenvalue weighted by atomic mass is 32.2. The van der Waals surface area contributed by atoms with Crippen molar-refractivity contribution in [2.24, 2.45) is 0 Å². The number of methoxy groups -OCH3 is 1. The smallest absolute Gasteiger partial charge is 0.443 e. The van der Waals surface area contributed by atoms with Gasteiger partial charge in [0, 0.05) is 6.04 Å². The first-order valence-corrected chi connectivity index (χ1v) is 7.47. The predicted octanol–water partition coefficient (Wildman–Crippen LogP) is 0.429. The van der Waals surface area contributed by atoms with Gasteiger partial charge in [-0.05, 0) is 42.3 Å². The molecule has 0 fully saturated rings. The molecule has 0 saturated heterocycles. The average molecular weight is 314 g/mol. The number of nitrogens with zero attached hydrogens (tertiary/aromatic N) is 2. The van der Waals surface area contributed by atoms with Crippen molar-refractivity contribution in [1.29, 1.82) is 0 Å². The van der Waals surface area contributed by atoms with Crippen LogP contribution in [0.5, 0.6) is 5.75 Å². The average Bonchev–Trinajstić information content (AvgIpc) is 2.74. The second-order valence-corrected chi connectivity index (χ2v) is 6.26. The monoisotopic (exact) mass is 314 g/mol. The summed E-state index contributed by atoms with van der Waals surface area (Å²) in [6.07, 6.45) is 0. The Morgan fingerprint density at radius 2 is 1.71 bits per heavy atom. The lowest BCUT2D eigenvalue weighted by molar-refractivity contribution is 0.328. The second-order valence-electron chi connectivity index (χ2n) is 4.51. The molecule has 0 bridgehead atoms. The molecule has 0 saturated carbocycles. The van der Waals surface area contributed by atoms with Crippen molar-refractivity contribution < 1.29 is 17.7 Å². The molecule has 0 radical (unpaired) electrons. The molecule has 0 atom stereocenters. The normalized spacial score (nSPS) is 11.8. The van der Waals surface area contributed by atoms with E-state index < -0.39 is 27.5 Å². The molecular formula is C12H14N2O6S. The molecule has 2 aromatic rings. The van der Waals surface area contributed by atoms with E-state index in [4.69, 9.17) is 4.74 Å². The number of benzene rings is 1. The van der Waals surface area contributed by atoms with Gasteiger partial charge in [0.15, 0.2) is 0 Å². The molecule has 0 spiro atoms. The van der Waals surface area contributed by atoms with Gasteiger partial charge in [0.05, 0.1) is 12.0 Å². The number of hydrogen-bond donors (Lipinski definition) is 0. The van der Waals surface area contributed by atoms with E-state index in [-0.39, 0.29) is 9.04 Å². The Morgan fingerprint density at radius 1 is 1.14 bits per heavy atom. The summed E-state index contributed by atoms with van der Waals surface area (Å²) in [5.74, 6) is -0.561. The van der Waals surface area contributed by atoms with E-state index in [0.717, 1.165) is 4.57 Å². The maximum absolute atomic E-state index is 12.3. The van der Waals surface area contributed by atoms with Gasteiger partial charge < -0.3 is 9.26 Å². The Labute approximate surface area is 120 Å². The molecule has 0 N–H and O–H groups in total. The van der Waals surface area contributed by atoms with Crippen molar-refractivity contribution in [2.45, 2.75) is 24.8 Å². The fourth-order valence-corrected chi connectivity index (χ4v) is 2.87. The van der Waals surface area contributed by atoms with Gasteiger partial charge in [-0.3, -0.25) is 0 Å². The minimum atomic E-state index is -4.27. The lowest BCUT2D eigenvalue weighted by Crippen LogP contribution is -2.32. The van der Waals surface area contributed by atoms with E-state index in [0.29, 0.717) is 5.75 Å². The number of aromatic nitrogens is 2. The Kier molecular flexibility index (Phi) is 3.77. The van der Waals surface area contributed by atoms with Gasteiger partial charge in [-0.2, -0.15) is 8.42 Å². The number of rotatable bonds is 4. The third-order valence-electron chi connectivity index (χ3n) is 2.81. The van der Waals surface area contributed by atoms with Crippen LogP contribution in [0.4, 0.5) is 0 Å². The number of ether oxygens (including phenoxy) is 1. The lowest BCUT2D eigenvalue weighted by Gasteiger charge is -2.04. The van der Waals surface area contributed by atoms with E-state index in [1.165, 1.54) is 31.4 Å². The van der Waals surface area contributed by atoms with Crippen LogP contribution in [-0.4, -0.2) is 24.2 Å². The molecule has 0 aliphatic heterocycles. The zero-order valence-corrected chi connectivity index (χ0v) is 12.5. The molecule has 21 heavy (non-hydrogen) atoms. The molecule has 1 aromatic carbocycles. The summed E-state index contributed by atoms with van der Waals surface area (Å²) in [4.78, 5) is 23.4. The van der Waals surface area contributed by atoms with E-state index in [1.54, 1.807) is 13.8 Å². The van der Waals surface area contributed by atoms with Crippen LogP contribution < -0.4 is 16.2 Å². The van der Waals surface area contributed by atoms with E-state index in [9.17, 15) is 18.0 Å². The topological polar surface area (TPSA) is 101 Å². The van der Waals surface area contributed by atoms with Crippen molar-refractivity contribution >= 4 is 10.0 Å². The SMILES string of the molecule is COc1ccc(S(=O)(=O)n2oc(=O)n(C(C)C)c2=O)cc1. The summed E-state index contributed by atoms with van der Waals surface area (Å²) in [5.41, 5.74) is -1.04. The van der Waals surface area contributed by atoms with Crippen LogP contribution in [0.2, 0.25) is 0 Å². The molecule has 0 amide bonds. The summed E-state index contributed by atoms with van der Waals surface area (Å²) in [5, 5.41) is 0. The predicted molar refractivity (Wildman–Crippen MR) is 73.2 cm³/mol. The molecule has 1 aromatic heterocycles. The van der Waals surface area contributed by atoms with Crippen molar-refractivity contribution in [3.05, 3.63) is 45.3 Å². The molecule has 0 unspecified atom stereocenters. The molecule has 9 heteroatoms. The van der Waals surface area contributed by atoms with Gasteiger partial charge in [0.25, 0.3) is 10.0 Å². The summed E-state index contributed by atoms with van der Waals surface area (Å²) in [7, 11) is -2.83. The van der Waals surface area contributed by atoms with Gasteiger partial charge in [-0.15, -0.1) is 0 Å². The third-order valence-corrected chi connectivity index (χ3v) is 4.35. The molecule has 8 nitrogen and oxygen atoms in total. The largest absolute Gasteiger partial charge is 0.497 e. The Balaban J connectivity index is 2.62. The zero-order valence-electron chi connectivity index (χ0n) is 11.6. The molecule has 114 valence electrons. The highest BCUT2D eigenvalue weighted by Gasteiger charge is 2.26. The minimum Gasteiger partial charge on any atom is -0.497 e. The van der Waals surface area contributed by atoms with Crippen molar-refractivity contribution in [3.63, 3.8) is 0 Å². The van der Waals surface area contributed by atoms with Crippen LogP contribution in [-0.2, 0) is 10.0 Å². The molecule has 2 rings (SSSR count).